The fourth-order valence-electron chi connectivity index (χ4n) is 2.79. The number of aromatic nitrogens is 3. The van der Waals surface area contributed by atoms with E-state index in [1.807, 2.05) is 42.5 Å². The van der Waals surface area contributed by atoms with Crippen LogP contribution in [-0.4, -0.2) is 21.7 Å². The van der Waals surface area contributed by atoms with Gasteiger partial charge in [-0.1, -0.05) is 62.7 Å². The maximum Gasteiger partial charge on any atom is 0.249 e. The standard InChI is InChI=1S/C21H24ClN5/c1-21(2,3)17-6-4-5-7-18(17)25-20-26-19(14-24-27-20)23-13-12-15-8-10-16(22)11-9-15/h4-11,14H,12-13H2,1-3H3,(H2,23,25,26,27). The summed E-state index contributed by atoms with van der Waals surface area (Å²) in [5, 5.41) is 15.5. The molecule has 2 aromatic carbocycles. The van der Waals surface area contributed by atoms with Crippen LogP contribution in [0.15, 0.2) is 54.7 Å². The van der Waals surface area contributed by atoms with Gasteiger partial charge >= 0.3 is 0 Å². The monoisotopic (exact) mass is 381 g/mol. The quantitative estimate of drug-likeness (QED) is 0.612. The van der Waals surface area contributed by atoms with Crippen molar-refractivity contribution in [1.29, 1.82) is 0 Å². The van der Waals surface area contributed by atoms with E-state index >= 15 is 0 Å². The Hall–Kier alpha value is -2.66. The first kappa shape index (κ1) is 19.1. The summed E-state index contributed by atoms with van der Waals surface area (Å²) in [6.07, 6.45) is 2.50. The second-order valence-corrected chi connectivity index (χ2v) is 7.83. The second-order valence-electron chi connectivity index (χ2n) is 7.39. The largest absolute Gasteiger partial charge is 0.368 e. The van der Waals surface area contributed by atoms with E-state index in [4.69, 9.17) is 11.6 Å². The molecule has 0 amide bonds. The van der Waals surface area contributed by atoms with Crippen molar-refractivity contribution in [1.82, 2.24) is 15.2 Å². The third kappa shape index (κ3) is 5.41. The van der Waals surface area contributed by atoms with Crippen LogP contribution in [0.1, 0.15) is 31.9 Å². The molecule has 0 saturated heterocycles. The minimum Gasteiger partial charge on any atom is -0.368 e. The van der Waals surface area contributed by atoms with E-state index in [0.717, 1.165) is 23.7 Å². The third-order valence-electron chi connectivity index (χ3n) is 4.17. The smallest absolute Gasteiger partial charge is 0.249 e. The van der Waals surface area contributed by atoms with Gasteiger partial charge in [0, 0.05) is 17.3 Å². The molecule has 0 spiro atoms. The van der Waals surface area contributed by atoms with Gasteiger partial charge in [0.1, 0.15) is 0 Å². The van der Waals surface area contributed by atoms with Gasteiger partial charge in [-0.15, -0.1) is 5.10 Å². The normalized spacial score (nSPS) is 11.3. The maximum atomic E-state index is 5.92. The molecule has 0 saturated carbocycles. The zero-order chi connectivity index (χ0) is 19.3. The number of hydrogen-bond donors (Lipinski definition) is 2. The first-order valence-corrected chi connectivity index (χ1v) is 9.34. The van der Waals surface area contributed by atoms with E-state index in [0.29, 0.717) is 11.8 Å². The van der Waals surface area contributed by atoms with E-state index < -0.39 is 0 Å². The average molecular weight is 382 g/mol. The Kier molecular flexibility index (Phi) is 5.91. The molecule has 1 aromatic heterocycles. The summed E-state index contributed by atoms with van der Waals surface area (Å²) in [5.74, 6) is 1.16. The van der Waals surface area contributed by atoms with Crippen molar-refractivity contribution in [3.05, 3.63) is 70.9 Å². The number of halogens is 1. The van der Waals surface area contributed by atoms with E-state index in [-0.39, 0.29) is 5.41 Å². The topological polar surface area (TPSA) is 62.7 Å². The summed E-state index contributed by atoms with van der Waals surface area (Å²) >= 11 is 5.92. The summed E-state index contributed by atoms with van der Waals surface area (Å²) in [4.78, 5) is 4.52. The molecule has 0 aliphatic carbocycles. The highest BCUT2D eigenvalue weighted by atomic mass is 35.5. The Balaban J connectivity index is 1.65. The molecule has 0 radical (unpaired) electrons. The van der Waals surface area contributed by atoms with Crippen LogP contribution in [0.4, 0.5) is 17.5 Å². The zero-order valence-electron chi connectivity index (χ0n) is 15.8. The Morgan fingerprint density at radius 2 is 1.74 bits per heavy atom. The summed E-state index contributed by atoms with van der Waals surface area (Å²) < 4.78 is 0. The summed E-state index contributed by atoms with van der Waals surface area (Å²) in [6, 6.07) is 16.0. The van der Waals surface area contributed by atoms with Gasteiger partial charge in [-0.05, 0) is 41.2 Å². The summed E-state index contributed by atoms with van der Waals surface area (Å²) in [5.41, 5.74) is 3.43. The molecule has 140 valence electrons. The molecule has 3 aromatic rings. The Labute approximate surface area is 165 Å². The Bertz CT molecular complexity index is 888. The first-order valence-electron chi connectivity index (χ1n) is 8.96. The van der Waals surface area contributed by atoms with Crippen molar-refractivity contribution >= 4 is 29.1 Å². The number of rotatable bonds is 6. The number of nitrogens with zero attached hydrogens (tertiary/aromatic N) is 3. The fraction of sp³-hybridized carbons (Fsp3) is 0.286. The van der Waals surface area contributed by atoms with Crippen molar-refractivity contribution in [3.8, 4) is 0 Å². The highest BCUT2D eigenvalue weighted by molar-refractivity contribution is 6.30. The molecule has 5 nitrogen and oxygen atoms in total. The van der Waals surface area contributed by atoms with Crippen LogP contribution in [0.5, 0.6) is 0 Å². The minimum absolute atomic E-state index is 0.0193. The summed E-state index contributed by atoms with van der Waals surface area (Å²) in [6.45, 7) is 7.29. The molecule has 0 unspecified atom stereocenters. The highest BCUT2D eigenvalue weighted by Crippen LogP contribution is 2.30. The maximum absolute atomic E-state index is 5.92. The lowest BCUT2D eigenvalue weighted by atomic mass is 9.86. The zero-order valence-corrected chi connectivity index (χ0v) is 16.6. The number of hydrogen-bond acceptors (Lipinski definition) is 5. The van der Waals surface area contributed by atoms with Gasteiger partial charge in [0.25, 0.3) is 0 Å². The lowest BCUT2D eigenvalue weighted by Gasteiger charge is -2.22. The molecule has 0 aliphatic rings. The summed E-state index contributed by atoms with van der Waals surface area (Å²) in [7, 11) is 0. The lowest BCUT2D eigenvalue weighted by Crippen LogP contribution is -2.14. The van der Waals surface area contributed by atoms with Gasteiger partial charge in [0.05, 0.1) is 6.20 Å². The van der Waals surface area contributed by atoms with Crippen LogP contribution >= 0.6 is 11.6 Å². The molecule has 0 atom stereocenters. The fourth-order valence-corrected chi connectivity index (χ4v) is 2.92. The van der Waals surface area contributed by atoms with Gasteiger partial charge < -0.3 is 10.6 Å². The molecule has 27 heavy (non-hydrogen) atoms. The highest BCUT2D eigenvalue weighted by Gasteiger charge is 2.18. The minimum atomic E-state index is 0.0193. The van der Waals surface area contributed by atoms with Crippen molar-refractivity contribution < 1.29 is 0 Å². The predicted molar refractivity (Wildman–Crippen MR) is 112 cm³/mol. The Morgan fingerprint density at radius 3 is 2.48 bits per heavy atom. The van der Waals surface area contributed by atoms with Gasteiger partial charge in [-0.25, -0.2) is 0 Å². The van der Waals surface area contributed by atoms with Crippen LogP contribution in [0.2, 0.25) is 5.02 Å². The number of benzene rings is 2. The van der Waals surface area contributed by atoms with Crippen LogP contribution in [0.25, 0.3) is 0 Å². The van der Waals surface area contributed by atoms with Crippen LogP contribution in [-0.2, 0) is 11.8 Å². The lowest BCUT2D eigenvalue weighted by molar-refractivity contribution is 0.592. The number of para-hydroxylation sites is 1. The molecule has 2 N–H and O–H groups in total. The number of anilines is 3. The second kappa shape index (κ2) is 8.35. The van der Waals surface area contributed by atoms with E-state index in [1.165, 1.54) is 11.1 Å². The molecule has 3 rings (SSSR count). The Morgan fingerprint density at radius 1 is 1.00 bits per heavy atom. The van der Waals surface area contributed by atoms with Gasteiger partial charge in [-0.2, -0.15) is 10.1 Å². The van der Waals surface area contributed by atoms with Crippen molar-refractivity contribution in [2.75, 3.05) is 17.2 Å². The van der Waals surface area contributed by atoms with Crippen molar-refractivity contribution in [2.24, 2.45) is 0 Å². The van der Waals surface area contributed by atoms with Crippen molar-refractivity contribution in [3.63, 3.8) is 0 Å². The SMILES string of the molecule is CC(C)(C)c1ccccc1Nc1nncc(NCCc2ccc(Cl)cc2)n1. The number of nitrogens with one attached hydrogen (secondary N) is 2. The molecule has 1 heterocycles. The molecule has 0 bridgehead atoms. The van der Waals surface area contributed by atoms with E-state index in [2.05, 4.69) is 52.7 Å². The third-order valence-corrected chi connectivity index (χ3v) is 4.43. The van der Waals surface area contributed by atoms with E-state index in [9.17, 15) is 0 Å². The molecule has 0 aliphatic heterocycles. The molecular weight excluding hydrogens is 358 g/mol. The predicted octanol–water partition coefficient (Wildman–Crippen LogP) is 5.22. The average Bonchev–Trinajstić information content (AvgIpc) is 2.63. The van der Waals surface area contributed by atoms with Crippen LogP contribution in [0, 0.1) is 0 Å². The first-order chi connectivity index (χ1) is 12.9. The molecule has 0 fully saturated rings. The van der Waals surface area contributed by atoms with Crippen LogP contribution in [0.3, 0.4) is 0 Å². The van der Waals surface area contributed by atoms with Gasteiger partial charge in [0.15, 0.2) is 5.82 Å². The van der Waals surface area contributed by atoms with Gasteiger partial charge in [0.2, 0.25) is 5.95 Å². The molecular formula is C21H24ClN5. The van der Waals surface area contributed by atoms with E-state index in [1.54, 1.807) is 6.20 Å². The van der Waals surface area contributed by atoms with Crippen LogP contribution < -0.4 is 10.6 Å². The van der Waals surface area contributed by atoms with Gasteiger partial charge in [-0.3, -0.25) is 0 Å². The van der Waals surface area contributed by atoms with Crippen molar-refractivity contribution in [2.45, 2.75) is 32.6 Å². The molecule has 6 heteroatoms.